The van der Waals surface area contributed by atoms with Crippen LogP contribution < -0.4 is 20.9 Å². The number of allylic oxidation sites excluding steroid dienone is 1. The first-order chi connectivity index (χ1) is 15.9. The van der Waals surface area contributed by atoms with E-state index >= 15 is 0 Å². The van der Waals surface area contributed by atoms with Crippen LogP contribution in [0.15, 0.2) is 29.4 Å². The van der Waals surface area contributed by atoms with Crippen molar-refractivity contribution >= 4 is 41.1 Å². The third-order valence-electron chi connectivity index (χ3n) is 6.45. The van der Waals surface area contributed by atoms with E-state index in [4.69, 9.17) is 10.5 Å². The van der Waals surface area contributed by atoms with Gasteiger partial charge in [0, 0.05) is 44.4 Å². The molecule has 33 heavy (non-hydrogen) atoms. The van der Waals surface area contributed by atoms with Crippen LogP contribution in [0.25, 0.3) is 5.57 Å². The van der Waals surface area contributed by atoms with Crippen LogP contribution in [0.4, 0.5) is 16.2 Å². The number of nitrogens with one attached hydrogen (secondary N) is 1. The predicted octanol–water partition coefficient (Wildman–Crippen LogP) is 2.59. The first-order valence-corrected chi connectivity index (χ1v) is 11.5. The van der Waals surface area contributed by atoms with Gasteiger partial charge >= 0.3 is 6.09 Å². The minimum absolute atomic E-state index is 0.00507. The smallest absolute Gasteiger partial charge is 0.414 e. The number of carbonyl (C=O) groups is 3. The highest BCUT2D eigenvalue weighted by Gasteiger charge is 2.36. The maximum atomic E-state index is 13.0. The topological polar surface area (TPSA) is 117 Å². The van der Waals surface area contributed by atoms with Crippen molar-refractivity contribution < 1.29 is 19.1 Å². The highest BCUT2D eigenvalue weighted by Crippen LogP contribution is 2.38. The zero-order chi connectivity index (χ0) is 23.5. The Morgan fingerprint density at radius 1 is 1.24 bits per heavy atom. The van der Waals surface area contributed by atoms with Gasteiger partial charge in [-0.15, -0.1) is 0 Å². The van der Waals surface area contributed by atoms with E-state index in [1.807, 2.05) is 25.1 Å². The molecular weight excluding hydrogens is 422 g/mol. The lowest BCUT2D eigenvalue weighted by Crippen LogP contribution is -2.52. The predicted molar refractivity (Wildman–Crippen MR) is 127 cm³/mol. The number of anilines is 2. The van der Waals surface area contributed by atoms with Crippen molar-refractivity contribution in [2.75, 3.05) is 22.9 Å². The van der Waals surface area contributed by atoms with Gasteiger partial charge in [-0.1, -0.05) is 6.07 Å². The molecule has 176 valence electrons. The molecule has 0 radical (unpaired) electrons. The number of hydrogen-bond donors (Lipinski definition) is 2. The van der Waals surface area contributed by atoms with Gasteiger partial charge in [-0.25, -0.2) is 4.79 Å². The second-order valence-electron chi connectivity index (χ2n) is 8.89. The maximum absolute atomic E-state index is 13.0. The zero-order valence-electron chi connectivity index (χ0n) is 19.1. The number of fused-ring (bicyclic) bond motifs is 1. The van der Waals surface area contributed by atoms with Gasteiger partial charge in [-0.3, -0.25) is 19.5 Å². The molecule has 1 unspecified atom stereocenters. The summed E-state index contributed by atoms with van der Waals surface area (Å²) in [6.45, 7) is 4.39. The number of hydrogen-bond acceptors (Lipinski definition) is 6. The number of nitrogens with two attached hydrogens (primary N) is 1. The van der Waals surface area contributed by atoms with Gasteiger partial charge in [0.05, 0.1) is 23.5 Å². The number of piperidine rings is 1. The van der Waals surface area contributed by atoms with E-state index in [0.717, 1.165) is 31.2 Å². The Balaban J connectivity index is 1.64. The van der Waals surface area contributed by atoms with Gasteiger partial charge < -0.3 is 20.7 Å². The van der Waals surface area contributed by atoms with Crippen molar-refractivity contribution in [2.45, 2.75) is 64.1 Å². The summed E-state index contributed by atoms with van der Waals surface area (Å²) in [7, 11) is 0. The molecule has 0 spiro atoms. The molecule has 9 heteroatoms. The molecule has 4 rings (SSSR count). The van der Waals surface area contributed by atoms with Crippen molar-refractivity contribution in [1.82, 2.24) is 5.32 Å². The summed E-state index contributed by atoms with van der Waals surface area (Å²) in [6.07, 6.45) is 6.67. The fourth-order valence-corrected chi connectivity index (χ4v) is 4.45. The third kappa shape index (κ3) is 4.86. The van der Waals surface area contributed by atoms with Crippen LogP contribution in [0.5, 0.6) is 0 Å². The molecule has 1 aromatic rings. The molecule has 2 atom stereocenters. The van der Waals surface area contributed by atoms with Crippen LogP contribution in [0.1, 0.15) is 51.5 Å². The molecule has 1 aromatic carbocycles. The van der Waals surface area contributed by atoms with Crippen molar-refractivity contribution in [3.05, 3.63) is 30.0 Å². The van der Waals surface area contributed by atoms with Crippen LogP contribution in [0, 0.1) is 0 Å². The SMILES string of the molecule is CC(=O)N1c2ccc(/C(C=NC3CCNC(=O)C3)=C/N)cc2N(C(=O)OC2CCC2)C[C@@H]1C. The number of benzene rings is 1. The summed E-state index contributed by atoms with van der Waals surface area (Å²) >= 11 is 0. The quantitative estimate of drug-likeness (QED) is 0.680. The first-order valence-electron chi connectivity index (χ1n) is 11.5. The molecule has 2 heterocycles. The van der Waals surface area contributed by atoms with E-state index in [-0.39, 0.29) is 30.0 Å². The number of rotatable bonds is 4. The molecule has 1 saturated heterocycles. The number of amides is 3. The molecule has 0 bridgehead atoms. The summed E-state index contributed by atoms with van der Waals surface area (Å²) in [5.41, 5.74) is 8.61. The van der Waals surface area contributed by atoms with Crippen LogP contribution >= 0.6 is 0 Å². The van der Waals surface area contributed by atoms with E-state index in [0.29, 0.717) is 36.5 Å². The Morgan fingerprint density at radius 3 is 2.67 bits per heavy atom. The Kier molecular flexibility index (Phi) is 6.67. The lowest BCUT2D eigenvalue weighted by Gasteiger charge is -2.41. The molecule has 3 N–H and O–H groups in total. The number of carbonyl (C=O) groups excluding carboxylic acids is 3. The standard InChI is InChI=1S/C24H31N5O4/c1-15-14-28(24(32)33-20-4-3-5-20)22-10-17(6-7-21(22)29(15)16(2)30)18(12-25)13-27-19-8-9-26-23(31)11-19/h6-7,10,12-13,15,19-20H,3-5,8-9,11,14,25H2,1-2H3,(H,26,31)/b18-12+,27-13?/t15-,19?/m0/s1. The summed E-state index contributed by atoms with van der Waals surface area (Å²) < 4.78 is 5.67. The third-order valence-corrected chi connectivity index (χ3v) is 6.45. The van der Waals surface area contributed by atoms with Gasteiger partial charge in [0.15, 0.2) is 0 Å². The summed E-state index contributed by atoms with van der Waals surface area (Å²) in [5, 5.41) is 2.80. The average Bonchev–Trinajstić information content (AvgIpc) is 2.75. The molecule has 9 nitrogen and oxygen atoms in total. The Hall–Kier alpha value is -3.36. The van der Waals surface area contributed by atoms with E-state index in [9.17, 15) is 14.4 Å². The largest absolute Gasteiger partial charge is 0.446 e. The van der Waals surface area contributed by atoms with Crippen molar-refractivity contribution in [3.8, 4) is 0 Å². The van der Waals surface area contributed by atoms with Gasteiger partial charge in [0.1, 0.15) is 6.10 Å². The summed E-state index contributed by atoms with van der Waals surface area (Å²) in [6, 6.07) is 5.27. The van der Waals surface area contributed by atoms with Crippen LogP contribution in [0.3, 0.4) is 0 Å². The number of aliphatic imine (C=N–C) groups is 1. The van der Waals surface area contributed by atoms with E-state index < -0.39 is 6.09 Å². The van der Waals surface area contributed by atoms with Gasteiger partial charge in [-0.05, 0) is 50.3 Å². The lowest BCUT2D eigenvalue weighted by atomic mass is 9.96. The minimum Gasteiger partial charge on any atom is -0.446 e. The molecule has 1 saturated carbocycles. The van der Waals surface area contributed by atoms with Gasteiger partial charge in [-0.2, -0.15) is 0 Å². The van der Waals surface area contributed by atoms with Crippen LogP contribution in [-0.4, -0.2) is 55.4 Å². The maximum Gasteiger partial charge on any atom is 0.414 e. The normalized spacial score (nSPS) is 23.7. The van der Waals surface area contributed by atoms with E-state index in [1.165, 1.54) is 13.1 Å². The van der Waals surface area contributed by atoms with Crippen molar-refractivity contribution in [3.63, 3.8) is 0 Å². The second kappa shape index (κ2) is 9.64. The summed E-state index contributed by atoms with van der Waals surface area (Å²) in [5.74, 6) is -0.0928. The van der Waals surface area contributed by atoms with Crippen LogP contribution in [-0.2, 0) is 14.3 Å². The van der Waals surface area contributed by atoms with Gasteiger partial charge in [0.2, 0.25) is 11.8 Å². The molecule has 2 aliphatic heterocycles. The van der Waals surface area contributed by atoms with Gasteiger partial charge in [0.25, 0.3) is 0 Å². The monoisotopic (exact) mass is 453 g/mol. The van der Waals surface area contributed by atoms with E-state index in [2.05, 4.69) is 10.3 Å². The molecule has 2 fully saturated rings. The molecule has 3 amide bonds. The second-order valence-corrected chi connectivity index (χ2v) is 8.89. The molecule has 1 aliphatic carbocycles. The fraction of sp³-hybridized carbons (Fsp3) is 0.500. The number of ether oxygens (including phenoxy) is 1. The Bertz CT molecular complexity index is 1000. The molecule has 0 aromatic heterocycles. The highest BCUT2D eigenvalue weighted by molar-refractivity contribution is 6.11. The molecule has 3 aliphatic rings. The number of nitrogens with zero attached hydrogens (tertiary/aromatic N) is 3. The van der Waals surface area contributed by atoms with Crippen molar-refractivity contribution in [2.24, 2.45) is 10.7 Å². The fourth-order valence-electron chi connectivity index (χ4n) is 4.45. The van der Waals surface area contributed by atoms with Crippen molar-refractivity contribution in [1.29, 1.82) is 0 Å². The van der Waals surface area contributed by atoms with Crippen LogP contribution in [0.2, 0.25) is 0 Å². The Labute approximate surface area is 193 Å². The van der Waals surface area contributed by atoms with E-state index in [1.54, 1.807) is 16.0 Å². The molecular formula is C24H31N5O4. The average molecular weight is 454 g/mol. The summed E-state index contributed by atoms with van der Waals surface area (Å²) in [4.78, 5) is 44.9. The minimum atomic E-state index is -0.395. The lowest BCUT2D eigenvalue weighted by molar-refractivity contribution is -0.122. The zero-order valence-corrected chi connectivity index (χ0v) is 19.1. The first kappa shape index (κ1) is 22.8. The highest BCUT2D eigenvalue weighted by atomic mass is 16.6. The Morgan fingerprint density at radius 2 is 2.03 bits per heavy atom.